The van der Waals surface area contributed by atoms with E-state index in [1.165, 1.54) is 0 Å². The van der Waals surface area contributed by atoms with Crippen molar-refractivity contribution in [2.24, 2.45) is 0 Å². The van der Waals surface area contributed by atoms with Gasteiger partial charge in [0.2, 0.25) is 0 Å². The lowest BCUT2D eigenvalue weighted by atomic mass is 10.00. The Morgan fingerprint density at radius 2 is 1.89 bits per heavy atom. The number of rotatable bonds is 9. The maximum atomic E-state index is 10.0. The number of halogens is 2. The zero-order valence-electron chi connectivity index (χ0n) is 21.6. The van der Waals surface area contributed by atoms with Gasteiger partial charge in [0.15, 0.2) is 5.82 Å². The van der Waals surface area contributed by atoms with Crippen LogP contribution in [0.15, 0.2) is 22.7 Å². The molecule has 1 saturated heterocycles. The van der Waals surface area contributed by atoms with Crippen LogP contribution in [-0.4, -0.2) is 64.8 Å². The van der Waals surface area contributed by atoms with Gasteiger partial charge >= 0.3 is 0 Å². The highest BCUT2D eigenvalue weighted by molar-refractivity contribution is 6.35. The summed E-state index contributed by atoms with van der Waals surface area (Å²) in [6.07, 6.45) is 1.22. The van der Waals surface area contributed by atoms with Crippen molar-refractivity contribution in [3.05, 3.63) is 39.7 Å². The molecular formula is C26H33Cl2N5O4. The zero-order chi connectivity index (χ0) is 26.7. The highest BCUT2D eigenvalue weighted by atomic mass is 35.5. The number of nitrogens with one attached hydrogen (secondary N) is 2. The molecule has 1 unspecified atom stereocenters. The fourth-order valence-corrected chi connectivity index (χ4v) is 5.05. The van der Waals surface area contributed by atoms with Crippen LogP contribution in [-0.2, 0) is 4.74 Å². The number of anilines is 1. The van der Waals surface area contributed by atoms with Crippen LogP contribution in [0.25, 0.3) is 22.6 Å². The topological polar surface area (TPSA) is 115 Å². The molecule has 1 aliphatic rings. The van der Waals surface area contributed by atoms with Gasteiger partial charge in [-0.25, -0.2) is 9.97 Å². The van der Waals surface area contributed by atoms with Crippen molar-refractivity contribution in [1.29, 1.82) is 0 Å². The number of hydrogen-bond donors (Lipinski definition) is 3. The first-order valence-electron chi connectivity index (χ1n) is 12.3. The third-order valence-electron chi connectivity index (χ3n) is 6.22. The maximum absolute atomic E-state index is 10.0. The number of aliphatic hydroxyl groups excluding tert-OH is 1. The molecule has 3 heterocycles. The van der Waals surface area contributed by atoms with Crippen molar-refractivity contribution < 1.29 is 19.1 Å². The lowest BCUT2D eigenvalue weighted by Crippen LogP contribution is -2.37. The molecule has 0 aliphatic carbocycles. The number of ether oxygens (including phenoxy) is 2. The van der Waals surface area contributed by atoms with Crippen molar-refractivity contribution >= 4 is 29.0 Å². The predicted octanol–water partition coefficient (Wildman–Crippen LogP) is 5.05. The van der Waals surface area contributed by atoms with Crippen LogP contribution >= 0.6 is 23.2 Å². The molecule has 3 N–H and O–H groups in total. The van der Waals surface area contributed by atoms with Crippen molar-refractivity contribution in [1.82, 2.24) is 20.4 Å². The van der Waals surface area contributed by atoms with Crippen LogP contribution in [0, 0.1) is 13.8 Å². The summed E-state index contributed by atoms with van der Waals surface area (Å²) in [6, 6.07) is 5.35. The van der Waals surface area contributed by atoms with Crippen LogP contribution in [0.5, 0.6) is 5.75 Å². The molecule has 0 amide bonds. The summed E-state index contributed by atoms with van der Waals surface area (Å²) in [7, 11) is 1.77. The van der Waals surface area contributed by atoms with Crippen molar-refractivity contribution in [2.45, 2.75) is 64.9 Å². The second-order valence-corrected chi connectivity index (χ2v) is 10.3. The molecule has 4 rings (SSSR count). The van der Waals surface area contributed by atoms with Crippen molar-refractivity contribution in [3.63, 3.8) is 0 Å². The van der Waals surface area contributed by atoms with Crippen LogP contribution in [0.3, 0.4) is 0 Å². The molecule has 3 aromatic rings. The summed E-state index contributed by atoms with van der Waals surface area (Å²) < 4.78 is 17.1. The number of aromatic nitrogens is 3. The van der Waals surface area contributed by atoms with Gasteiger partial charge in [-0.3, -0.25) is 0 Å². The standard InChI is InChI=1S/C26H33Cl2N5O4/c1-13-8-17(9-14(2)36-13)30-26-23(28)24(22-15(3)33-37-16(22)4)31-25(32-26)20-10-19(6-7-21(20)27)35-12-18(34)11-29-5/h6-7,10,13-14,17-18,29,34H,8-9,11-12H2,1-5H3,(H,30,31,32)/t13-,14+,17?,18-/m1/s1. The van der Waals surface area contributed by atoms with Gasteiger partial charge in [-0.15, -0.1) is 0 Å². The molecule has 9 nitrogen and oxygen atoms in total. The molecule has 0 radical (unpaired) electrons. The zero-order valence-corrected chi connectivity index (χ0v) is 23.2. The summed E-state index contributed by atoms with van der Waals surface area (Å²) in [4.78, 5) is 9.61. The van der Waals surface area contributed by atoms with Gasteiger partial charge in [-0.2, -0.15) is 0 Å². The molecule has 1 aromatic carbocycles. The van der Waals surface area contributed by atoms with Crippen LogP contribution in [0.4, 0.5) is 5.82 Å². The Labute approximate surface area is 226 Å². The third-order valence-corrected chi connectivity index (χ3v) is 6.91. The number of aliphatic hydroxyl groups is 1. The highest BCUT2D eigenvalue weighted by Gasteiger charge is 2.28. The van der Waals surface area contributed by atoms with Crippen LogP contribution in [0.1, 0.15) is 38.1 Å². The van der Waals surface area contributed by atoms with Crippen molar-refractivity contribution in [3.8, 4) is 28.4 Å². The average molecular weight is 550 g/mol. The van der Waals surface area contributed by atoms with Gasteiger partial charge < -0.3 is 29.7 Å². The van der Waals surface area contributed by atoms with Gasteiger partial charge in [0.05, 0.1) is 28.5 Å². The van der Waals surface area contributed by atoms with E-state index in [-0.39, 0.29) is 24.9 Å². The second-order valence-electron chi connectivity index (χ2n) is 9.49. The lowest BCUT2D eigenvalue weighted by Gasteiger charge is -2.33. The Kier molecular flexibility index (Phi) is 8.92. The van der Waals surface area contributed by atoms with Gasteiger partial charge in [0, 0.05) is 18.2 Å². The fourth-order valence-electron chi connectivity index (χ4n) is 4.62. The Morgan fingerprint density at radius 1 is 1.16 bits per heavy atom. The Morgan fingerprint density at radius 3 is 2.54 bits per heavy atom. The Balaban J connectivity index is 1.76. The number of hydrogen-bond acceptors (Lipinski definition) is 9. The predicted molar refractivity (Wildman–Crippen MR) is 145 cm³/mol. The molecule has 1 fully saturated rings. The van der Waals surface area contributed by atoms with E-state index >= 15 is 0 Å². The summed E-state index contributed by atoms with van der Waals surface area (Å²) in [6.45, 7) is 8.33. The molecule has 2 aromatic heterocycles. The number of aryl methyl sites for hydroxylation is 2. The van der Waals surface area contributed by atoms with E-state index < -0.39 is 6.10 Å². The van der Waals surface area contributed by atoms with Crippen molar-refractivity contribution in [2.75, 3.05) is 25.5 Å². The lowest BCUT2D eigenvalue weighted by molar-refractivity contribution is -0.0338. The quantitative estimate of drug-likeness (QED) is 0.337. The monoisotopic (exact) mass is 549 g/mol. The highest BCUT2D eigenvalue weighted by Crippen LogP contribution is 2.39. The summed E-state index contributed by atoms with van der Waals surface area (Å²) in [5.74, 6) is 2.01. The fraction of sp³-hybridized carbons (Fsp3) is 0.500. The molecule has 11 heteroatoms. The largest absolute Gasteiger partial charge is 0.491 e. The van der Waals surface area contributed by atoms with Crippen LogP contribution < -0.4 is 15.4 Å². The molecule has 0 bridgehead atoms. The van der Waals surface area contributed by atoms with Gasteiger partial charge in [-0.1, -0.05) is 28.4 Å². The third kappa shape index (κ3) is 6.53. The van der Waals surface area contributed by atoms with E-state index in [4.69, 9.17) is 47.2 Å². The number of likely N-dealkylation sites (N-methyl/N-ethyl adjacent to an activating group) is 1. The minimum absolute atomic E-state index is 0.116. The number of nitrogens with zero attached hydrogens (tertiary/aromatic N) is 3. The summed E-state index contributed by atoms with van der Waals surface area (Å²) in [5.41, 5.74) is 2.46. The van der Waals surface area contributed by atoms with Gasteiger partial charge in [0.25, 0.3) is 0 Å². The molecule has 4 atom stereocenters. The minimum Gasteiger partial charge on any atom is -0.491 e. The normalized spacial score (nSPS) is 20.6. The van der Waals surface area contributed by atoms with E-state index in [1.807, 2.05) is 13.8 Å². The molecular weight excluding hydrogens is 517 g/mol. The minimum atomic E-state index is -0.651. The first-order chi connectivity index (χ1) is 17.7. The van der Waals surface area contributed by atoms with Crippen LogP contribution in [0.2, 0.25) is 10.0 Å². The molecule has 0 spiro atoms. The van der Waals surface area contributed by atoms with E-state index in [0.29, 0.717) is 62.3 Å². The van der Waals surface area contributed by atoms with E-state index in [9.17, 15) is 5.11 Å². The maximum Gasteiger partial charge on any atom is 0.163 e. The van der Waals surface area contributed by atoms with E-state index in [1.54, 1.807) is 25.2 Å². The molecule has 0 saturated carbocycles. The second kappa shape index (κ2) is 12.0. The van der Waals surface area contributed by atoms with E-state index in [0.717, 1.165) is 12.8 Å². The number of benzene rings is 1. The van der Waals surface area contributed by atoms with Gasteiger partial charge in [-0.05, 0) is 65.8 Å². The first-order valence-corrected chi connectivity index (χ1v) is 13.1. The summed E-state index contributed by atoms with van der Waals surface area (Å²) >= 11 is 13.5. The molecule has 1 aliphatic heterocycles. The van der Waals surface area contributed by atoms with Gasteiger partial charge in [0.1, 0.15) is 40.8 Å². The Hall–Kier alpha value is -2.43. The average Bonchev–Trinajstić information content (AvgIpc) is 3.17. The Bertz CT molecular complexity index is 1210. The van der Waals surface area contributed by atoms with E-state index in [2.05, 4.69) is 29.6 Å². The molecule has 200 valence electrons. The SMILES string of the molecule is CNC[C@@H](O)COc1ccc(Cl)c(-c2nc(NC3C[C@@H](C)O[C@@H](C)C3)c(Cl)c(-c3c(C)noc3C)n2)c1. The smallest absolute Gasteiger partial charge is 0.163 e. The summed E-state index contributed by atoms with van der Waals surface area (Å²) in [5, 5.41) is 21.4. The molecule has 37 heavy (non-hydrogen) atoms. The first kappa shape index (κ1) is 27.6.